The van der Waals surface area contributed by atoms with E-state index in [4.69, 9.17) is 45.0 Å². The number of aryl methyl sites for hydroxylation is 5. The third kappa shape index (κ3) is 28.2. The van der Waals surface area contributed by atoms with Crippen molar-refractivity contribution in [3.8, 4) is 5.00 Å². The molecule has 40 nitrogen and oxygen atoms in total. The maximum atomic E-state index is 13.7. The minimum Gasteiger partial charge on any atom is -0.379 e. The van der Waals surface area contributed by atoms with Crippen LogP contribution >= 0.6 is 22.9 Å². The molecule has 0 aliphatic carbocycles. The molecule has 0 spiro atoms. The van der Waals surface area contributed by atoms with Crippen LogP contribution in [-0.2, 0) is 68.7 Å². The van der Waals surface area contributed by atoms with Gasteiger partial charge in [-0.2, -0.15) is 0 Å². The van der Waals surface area contributed by atoms with Crippen LogP contribution in [-0.4, -0.2) is 259 Å². The van der Waals surface area contributed by atoms with Crippen LogP contribution in [0, 0.1) is 20.8 Å². The highest BCUT2D eigenvalue weighted by molar-refractivity contribution is 7.15. The molecule has 8 aromatic heterocycles. The number of halogens is 1. The quantitative estimate of drug-likeness (QED) is 0.0163. The van der Waals surface area contributed by atoms with Crippen molar-refractivity contribution in [3.05, 3.63) is 159 Å². The van der Waals surface area contributed by atoms with Crippen molar-refractivity contribution in [1.82, 2.24) is 88.6 Å². The molecule has 42 heteroatoms. The highest BCUT2D eigenvalue weighted by Gasteiger charge is 2.34. The average molecular weight is 1810 g/mol. The molecule has 0 radical (unpaired) electrons. The number of imidazole rings is 3. The molecule has 690 valence electrons. The van der Waals surface area contributed by atoms with E-state index in [1.54, 1.807) is 80.0 Å². The standard InChI is InChI=1S/C86H117ClN24O16S/c1-53(2)108-31-27-90-77(108)83(119)94-61-44-66(106(12)48-61)81(117)92-25-20-71(113)99-69-52-110(55(5)6)79(101-69)85(121)96-63-46-67(107(13)50-63)82(118)93-26-21-72(114)98-68-51-109(54(3)4)78(100-68)84(120)95-62-45-65(105(11)49-62)80(116)91-24-15-30-104(10)29-14-23-88-70(112)22-32-122-34-36-124-38-40-126-42-43-127-41-39-125-37-35-123-33-28-89-73(115)47-64-76-103-102-58(9)111(76)86-74(56(7)57(8)128-86)75(97-64)59-16-18-60(87)19-17-59/h16-19,27,31,44-46,48-55,64H,14-15,20-26,28-30,32-43,47H2,1-13H3,(H,88,112)(H,89,115)(H,91,116)(H,92,117)(H,93,118)(H,94,119)(H,95,120)(H,96,121)(H,98,114)(H,99,113)/t64-/m0/s1. The maximum Gasteiger partial charge on any atom is 0.291 e. The van der Waals surface area contributed by atoms with E-state index in [0.29, 0.717) is 133 Å². The Morgan fingerprint density at radius 3 is 1.38 bits per heavy atom. The predicted octanol–water partition coefficient (Wildman–Crippen LogP) is 7.68. The van der Waals surface area contributed by atoms with Gasteiger partial charge in [-0.3, -0.25) is 57.5 Å². The fraction of sp³-hybridized carbons (Fsp3) is 0.488. The lowest BCUT2D eigenvalue weighted by atomic mass is 9.99. The SMILES string of the molecule is Cc1sc2c(c1C)C(c1ccc(Cl)cc1)=N[C@@H](CC(=O)NCCOCCOCCOCCOCCOCCOCCC(=O)NCCCN(C)CCCNC(=O)c1cc(NC(=O)c3nc(NC(=O)CCNC(=O)c4cc(NC(=O)c5nc(NC(=O)CCNC(=O)c6cc(NC(=O)c7nccn7C(C)C)cn6C)cn5C(C)C)cn4C)cn3C(C)C)cn1C)c1nnc(C)n1-2. The number of ether oxygens (including phenoxy) is 6. The summed E-state index contributed by atoms with van der Waals surface area (Å²) in [4.78, 5) is 154. The molecule has 128 heavy (non-hydrogen) atoms. The summed E-state index contributed by atoms with van der Waals surface area (Å²) in [7, 11) is 6.92. The van der Waals surface area contributed by atoms with E-state index in [-0.39, 0.29) is 127 Å². The number of benzene rings is 1. The number of thiophene rings is 1. The summed E-state index contributed by atoms with van der Waals surface area (Å²) in [5.41, 5.74) is 5.54. The predicted molar refractivity (Wildman–Crippen MR) is 482 cm³/mol. The number of amides is 10. The number of nitrogens with zero attached hydrogens (tertiary/aromatic N) is 14. The summed E-state index contributed by atoms with van der Waals surface area (Å²) in [5.74, 6) is -2.51. The van der Waals surface area contributed by atoms with Gasteiger partial charge < -0.3 is 114 Å². The molecule has 10 amide bonds. The Labute approximate surface area is 751 Å². The van der Waals surface area contributed by atoms with E-state index in [0.717, 1.165) is 46.2 Å². The number of anilines is 5. The lowest BCUT2D eigenvalue weighted by Crippen LogP contribution is -2.31. The highest BCUT2D eigenvalue weighted by atomic mass is 35.5. The van der Waals surface area contributed by atoms with Crippen LogP contribution in [0.2, 0.25) is 5.02 Å². The first-order valence-electron chi connectivity index (χ1n) is 42.5. The van der Waals surface area contributed by atoms with Crippen molar-refractivity contribution in [2.45, 2.75) is 125 Å². The number of fused-ring (bicyclic) bond motifs is 3. The van der Waals surface area contributed by atoms with Gasteiger partial charge in [0.15, 0.2) is 23.3 Å². The van der Waals surface area contributed by atoms with Gasteiger partial charge in [0, 0.05) is 156 Å². The number of rotatable bonds is 52. The van der Waals surface area contributed by atoms with Crippen molar-refractivity contribution in [1.29, 1.82) is 0 Å². The third-order valence-electron chi connectivity index (χ3n) is 20.4. The first kappa shape index (κ1) is 98.1. The zero-order valence-electron chi connectivity index (χ0n) is 74.6. The topological polar surface area (TPSA) is 461 Å². The van der Waals surface area contributed by atoms with Crippen LogP contribution in [0.15, 0.2) is 90.8 Å². The number of hydrogen-bond acceptors (Lipinski definition) is 24. The van der Waals surface area contributed by atoms with E-state index in [1.165, 1.54) is 46.4 Å². The van der Waals surface area contributed by atoms with Crippen LogP contribution in [0.5, 0.6) is 0 Å². The Bertz CT molecular complexity index is 5340. The van der Waals surface area contributed by atoms with Gasteiger partial charge in [0.2, 0.25) is 35.3 Å². The number of aliphatic imine (C=N–C) groups is 1. The Morgan fingerprint density at radius 2 is 0.906 bits per heavy atom. The molecule has 0 bridgehead atoms. The third-order valence-corrected chi connectivity index (χ3v) is 21.8. The van der Waals surface area contributed by atoms with Crippen molar-refractivity contribution >= 4 is 116 Å². The summed E-state index contributed by atoms with van der Waals surface area (Å²) in [6, 6.07) is 11.0. The number of carbonyl (C=O) groups is 10. The summed E-state index contributed by atoms with van der Waals surface area (Å²) in [5, 5.41) is 38.4. The van der Waals surface area contributed by atoms with Crippen LogP contribution < -0.4 is 53.2 Å². The highest BCUT2D eigenvalue weighted by Crippen LogP contribution is 2.40. The molecule has 9 heterocycles. The van der Waals surface area contributed by atoms with Gasteiger partial charge in [-0.05, 0) is 131 Å². The summed E-state index contributed by atoms with van der Waals surface area (Å²) >= 11 is 7.90. The fourth-order valence-corrected chi connectivity index (χ4v) is 15.0. The summed E-state index contributed by atoms with van der Waals surface area (Å²) < 4.78 is 45.2. The smallest absolute Gasteiger partial charge is 0.291 e. The normalized spacial score (nSPS) is 12.4. The van der Waals surface area contributed by atoms with Crippen molar-refractivity contribution in [2.24, 2.45) is 26.1 Å². The lowest BCUT2D eigenvalue weighted by molar-refractivity contribution is -0.122. The van der Waals surface area contributed by atoms with E-state index >= 15 is 0 Å². The van der Waals surface area contributed by atoms with E-state index in [2.05, 4.69) is 97.1 Å². The Morgan fingerprint density at radius 1 is 0.477 bits per heavy atom. The minimum absolute atomic E-state index is 0.00252. The van der Waals surface area contributed by atoms with Crippen molar-refractivity contribution < 1.29 is 76.4 Å². The molecule has 1 aromatic carbocycles. The van der Waals surface area contributed by atoms with Crippen LogP contribution in [0.4, 0.5) is 28.7 Å². The van der Waals surface area contributed by atoms with Crippen LogP contribution in [0.25, 0.3) is 5.00 Å². The maximum absolute atomic E-state index is 13.7. The Hall–Kier alpha value is -12.1. The Kier molecular flexibility index (Phi) is 36.9. The van der Waals surface area contributed by atoms with E-state index in [9.17, 15) is 47.9 Å². The summed E-state index contributed by atoms with van der Waals surface area (Å²) in [6.07, 6.45) is 12.4. The molecule has 0 fully saturated rings. The fourth-order valence-electron chi connectivity index (χ4n) is 13.7. The van der Waals surface area contributed by atoms with Crippen LogP contribution in [0.1, 0.15) is 201 Å². The number of nitrogens with one attached hydrogen (secondary N) is 10. The van der Waals surface area contributed by atoms with Gasteiger partial charge in [-0.25, -0.2) is 15.0 Å². The average Bonchev–Trinajstić information content (AvgIpc) is 1.58. The second-order valence-electron chi connectivity index (χ2n) is 31.3. The zero-order chi connectivity index (χ0) is 92.1. The van der Waals surface area contributed by atoms with Gasteiger partial charge in [0.25, 0.3) is 35.4 Å². The second kappa shape index (κ2) is 48.2. The van der Waals surface area contributed by atoms with Gasteiger partial charge in [-0.15, -0.1) is 21.5 Å². The molecular formula is C86H117ClN24O16S. The first-order valence-corrected chi connectivity index (χ1v) is 43.7. The number of carbonyl (C=O) groups excluding carboxylic acids is 10. The Balaban J connectivity index is 0.511. The molecule has 1 atom stereocenters. The molecule has 9 aromatic rings. The lowest BCUT2D eigenvalue weighted by Gasteiger charge is -2.17. The molecule has 10 N–H and O–H groups in total. The molecule has 1 aliphatic rings. The van der Waals surface area contributed by atoms with Crippen molar-refractivity contribution in [2.75, 3.05) is 159 Å². The van der Waals surface area contributed by atoms with E-state index in [1.807, 2.05) is 84.3 Å². The summed E-state index contributed by atoms with van der Waals surface area (Å²) in [6.45, 7) is 24.2. The molecule has 0 saturated carbocycles. The van der Waals surface area contributed by atoms with Gasteiger partial charge in [0.1, 0.15) is 33.9 Å². The van der Waals surface area contributed by atoms with Gasteiger partial charge in [0.05, 0.1) is 108 Å². The molecule has 1 aliphatic heterocycles. The van der Waals surface area contributed by atoms with Crippen molar-refractivity contribution in [3.63, 3.8) is 0 Å². The number of aromatic nitrogens is 12. The molecule has 0 unspecified atom stereocenters. The monoisotopic (exact) mass is 1810 g/mol. The van der Waals surface area contributed by atoms with E-state index < -0.39 is 47.4 Å². The molecule has 0 saturated heterocycles. The molecule has 10 rings (SSSR count). The minimum atomic E-state index is -0.627. The largest absolute Gasteiger partial charge is 0.379 e. The number of hydrogen-bond donors (Lipinski definition) is 10. The zero-order valence-corrected chi connectivity index (χ0v) is 76.2. The van der Waals surface area contributed by atoms with Crippen LogP contribution in [0.3, 0.4) is 0 Å². The van der Waals surface area contributed by atoms with Gasteiger partial charge >= 0.3 is 0 Å². The van der Waals surface area contributed by atoms with Gasteiger partial charge in [-0.1, -0.05) is 23.7 Å². The first-order chi connectivity index (χ1) is 61.4. The second-order valence-corrected chi connectivity index (χ2v) is 32.9. The molecular weight excluding hydrogens is 1690 g/mol.